The number of anilines is 1. The number of pyridine rings is 1. The van der Waals surface area contributed by atoms with Crippen molar-refractivity contribution in [2.45, 2.75) is 6.61 Å². The highest BCUT2D eigenvalue weighted by atomic mass is 16.5. The molecule has 2 N–H and O–H groups in total. The van der Waals surface area contributed by atoms with Crippen LogP contribution in [0.15, 0.2) is 42.6 Å². The molecule has 1 heterocycles. The van der Waals surface area contributed by atoms with Crippen LogP contribution in [0.4, 0.5) is 5.82 Å². The zero-order valence-electron chi connectivity index (χ0n) is 10.5. The fraction of sp³-hybridized carbons (Fsp3) is 0.143. The number of aromatic nitrogens is 1. The van der Waals surface area contributed by atoms with Crippen molar-refractivity contribution in [2.75, 3.05) is 12.4 Å². The van der Waals surface area contributed by atoms with Gasteiger partial charge in [-0.25, -0.2) is 4.98 Å². The Hall–Kier alpha value is -2.40. The van der Waals surface area contributed by atoms with Crippen LogP contribution in [0.5, 0.6) is 5.75 Å². The summed E-state index contributed by atoms with van der Waals surface area (Å²) in [6.45, 7) is -0.179. The van der Waals surface area contributed by atoms with Crippen molar-refractivity contribution in [3.05, 3.63) is 53.7 Å². The number of aliphatic hydroxyl groups is 1. The van der Waals surface area contributed by atoms with E-state index in [1.807, 2.05) is 0 Å². The van der Waals surface area contributed by atoms with Crippen LogP contribution in [0.25, 0.3) is 0 Å². The number of nitrogens with one attached hydrogen (secondary N) is 1. The Morgan fingerprint density at radius 1 is 1.37 bits per heavy atom. The number of ether oxygens (including phenoxy) is 1. The van der Waals surface area contributed by atoms with E-state index in [2.05, 4.69) is 10.3 Å². The van der Waals surface area contributed by atoms with E-state index in [1.54, 1.807) is 49.7 Å². The van der Waals surface area contributed by atoms with Crippen molar-refractivity contribution in [1.29, 1.82) is 0 Å². The van der Waals surface area contributed by atoms with Gasteiger partial charge in [-0.05, 0) is 24.3 Å². The maximum absolute atomic E-state index is 12.1. The Labute approximate surface area is 110 Å². The lowest BCUT2D eigenvalue weighted by molar-refractivity contribution is 0.102. The molecular weight excluding hydrogens is 244 g/mol. The molecule has 1 aromatic heterocycles. The first-order valence-corrected chi connectivity index (χ1v) is 5.74. The lowest BCUT2D eigenvalue weighted by Crippen LogP contribution is -2.14. The Balaban J connectivity index is 2.20. The SMILES string of the molecule is COc1cccc(C(=O)Nc2ncccc2CO)c1. The van der Waals surface area contributed by atoms with E-state index in [0.717, 1.165) is 0 Å². The average Bonchev–Trinajstić information content (AvgIpc) is 2.47. The molecule has 0 fully saturated rings. The molecule has 5 heteroatoms. The zero-order valence-corrected chi connectivity index (χ0v) is 10.5. The van der Waals surface area contributed by atoms with Crippen molar-refractivity contribution < 1.29 is 14.6 Å². The summed E-state index contributed by atoms with van der Waals surface area (Å²) in [4.78, 5) is 16.1. The molecule has 0 aliphatic carbocycles. The van der Waals surface area contributed by atoms with Crippen LogP contribution >= 0.6 is 0 Å². The lowest BCUT2D eigenvalue weighted by Gasteiger charge is -2.08. The average molecular weight is 258 g/mol. The van der Waals surface area contributed by atoms with Crippen LogP contribution in [-0.2, 0) is 6.61 Å². The third kappa shape index (κ3) is 3.08. The molecule has 0 saturated heterocycles. The number of rotatable bonds is 4. The molecule has 2 aromatic rings. The molecule has 0 spiro atoms. The number of methoxy groups -OCH3 is 1. The first kappa shape index (κ1) is 13.0. The highest BCUT2D eigenvalue weighted by molar-refractivity contribution is 6.04. The van der Waals surface area contributed by atoms with Crippen LogP contribution < -0.4 is 10.1 Å². The predicted molar refractivity (Wildman–Crippen MR) is 71.1 cm³/mol. The smallest absolute Gasteiger partial charge is 0.256 e. The molecule has 2 rings (SSSR count). The summed E-state index contributed by atoms with van der Waals surface area (Å²) < 4.78 is 5.06. The van der Waals surface area contributed by atoms with E-state index in [1.165, 1.54) is 0 Å². The summed E-state index contributed by atoms with van der Waals surface area (Å²) in [6.07, 6.45) is 1.56. The quantitative estimate of drug-likeness (QED) is 0.877. The number of amides is 1. The number of carbonyl (C=O) groups excluding carboxylic acids is 1. The number of aliphatic hydroxyl groups excluding tert-OH is 1. The topological polar surface area (TPSA) is 71.5 Å². The van der Waals surface area contributed by atoms with E-state index in [9.17, 15) is 9.90 Å². The normalized spacial score (nSPS) is 10.0. The van der Waals surface area contributed by atoms with Gasteiger partial charge in [-0.15, -0.1) is 0 Å². The van der Waals surface area contributed by atoms with Crippen molar-refractivity contribution in [1.82, 2.24) is 4.98 Å². The van der Waals surface area contributed by atoms with Crippen molar-refractivity contribution in [3.8, 4) is 5.75 Å². The fourth-order valence-corrected chi connectivity index (χ4v) is 1.62. The van der Waals surface area contributed by atoms with Gasteiger partial charge in [0.1, 0.15) is 11.6 Å². The van der Waals surface area contributed by atoms with Crippen LogP contribution in [0.2, 0.25) is 0 Å². The summed E-state index contributed by atoms with van der Waals surface area (Å²) in [5.74, 6) is 0.668. The maximum atomic E-state index is 12.1. The number of benzene rings is 1. The Kier molecular flexibility index (Phi) is 4.10. The summed E-state index contributed by atoms with van der Waals surface area (Å²) >= 11 is 0. The number of nitrogens with zero attached hydrogens (tertiary/aromatic N) is 1. The Morgan fingerprint density at radius 2 is 2.21 bits per heavy atom. The van der Waals surface area contributed by atoms with Gasteiger partial charge in [0.15, 0.2) is 0 Å². The van der Waals surface area contributed by atoms with E-state index in [-0.39, 0.29) is 12.5 Å². The van der Waals surface area contributed by atoms with E-state index < -0.39 is 0 Å². The largest absolute Gasteiger partial charge is 0.497 e. The summed E-state index contributed by atoms with van der Waals surface area (Å²) in [6, 6.07) is 10.2. The highest BCUT2D eigenvalue weighted by Gasteiger charge is 2.10. The van der Waals surface area contributed by atoms with Gasteiger partial charge in [0.2, 0.25) is 0 Å². The first-order chi connectivity index (χ1) is 9.24. The van der Waals surface area contributed by atoms with E-state index in [4.69, 9.17) is 4.74 Å². The Morgan fingerprint density at radius 3 is 2.95 bits per heavy atom. The molecule has 0 bridgehead atoms. The molecule has 0 unspecified atom stereocenters. The van der Waals surface area contributed by atoms with Crippen LogP contribution in [-0.4, -0.2) is 23.1 Å². The van der Waals surface area contributed by atoms with Crippen molar-refractivity contribution >= 4 is 11.7 Å². The molecule has 19 heavy (non-hydrogen) atoms. The van der Waals surface area contributed by atoms with Crippen LogP contribution in [0.3, 0.4) is 0 Å². The molecule has 0 aliphatic rings. The Bertz CT molecular complexity index is 584. The summed E-state index contributed by atoms with van der Waals surface area (Å²) in [5.41, 5.74) is 1.03. The van der Waals surface area contributed by atoms with Gasteiger partial charge in [-0.2, -0.15) is 0 Å². The van der Waals surface area contributed by atoms with Gasteiger partial charge in [-0.1, -0.05) is 12.1 Å². The van der Waals surface area contributed by atoms with Gasteiger partial charge in [0.25, 0.3) is 5.91 Å². The third-order valence-corrected chi connectivity index (χ3v) is 2.63. The molecular formula is C14H14N2O3. The van der Waals surface area contributed by atoms with Gasteiger partial charge >= 0.3 is 0 Å². The second kappa shape index (κ2) is 5.97. The number of hydrogen-bond acceptors (Lipinski definition) is 4. The molecule has 0 aliphatic heterocycles. The van der Waals surface area contributed by atoms with Gasteiger partial charge in [0.05, 0.1) is 13.7 Å². The van der Waals surface area contributed by atoms with Gasteiger partial charge in [0, 0.05) is 17.3 Å². The molecule has 1 amide bonds. The van der Waals surface area contributed by atoms with Crippen LogP contribution in [0.1, 0.15) is 15.9 Å². The highest BCUT2D eigenvalue weighted by Crippen LogP contribution is 2.16. The second-order valence-electron chi connectivity index (χ2n) is 3.86. The molecule has 5 nitrogen and oxygen atoms in total. The molecule has 98 valence electrons. The maximum Gasteiger partial charge on any atom is 0.256 e. The number of hydrogen-bond donors (Lipinski definition) is 2. The fourth-order valence-electron chi connectivity index (χ4n) is 1.62. The van der Waals surface area contributed by atoms with Crippen molar-refractivity contribution in [3.63, 3.8) is 0 Å². The minimum Gasteiger partial charge on any atom is -0.497 e. The molecule has 0 radical (unpaired) electrons. The molecule has 0 saturated carbocycles. The lowest BCUT2D eigenvalue weighted by atomic mass is 10.2. The second-order valence-corrected chi connectivity index (χ2v) is 3.86. The summed E-state index contributed by atoms with van der Waals surface area (Å²) in [7, 11) is 1.54. The predicted octanol–water partition coefficient (Wildman–Crippen LogP) is 1.83. The first-order valence-electron chi connectivity index (χ1n) is 5.74. The number of carbonyl (C=O) groups is 1. The standard InChI is InChI=1S/C14H14N2O3/c1-19-12-6-2-4-10(8-12)14(18)16-13-11(9-17)5-3-7-15-13/h2-8,17H,9H2,1H3,(H,15,16,18). The minimum atomic E-state index is -0.299. The summed E-state index contributed by atoms with van der Waals surface area (Å²) in [5, 5.41) is 11.8. The van der Waals surface area contributed by atoms with E-state index >= 15 is 0 Å². The van der Waals surface area contributed by atoms with Crippen LogP contribution in [0, 0.1) is 0 Å². The minimum absolute atomic E-state index is 0.179. The third-order valence-electron chi connectivity index (χ3n) is 2.63. The van der Waals surface area contributed by atoms with Gasteiger partial charge < -0.3 is 15.2 Å². The monoisotopic (exact) mass is 258 g/mol. The molecule has 0 atom stereocenters. The van der Waals surface area contributed by atoms with E-state index in [0.29, 0.717) is 22.7 Å². The van der Waals surface area contributed by atoms with Crippen molar-refractivity contribution in [2.24, 2.45) is 0 Å². The van der Waals surface area contributed by atoms with Gasteiger partial charge in [-0.3, -0.25) is 4.79 Å². The zero-order chi connectivity index (χ0) is 13.7. The molecule has 1 aromatic carbocycles.